The summed E-state index contributed by atoms with van der Waals surface area (Å²) in [6.07, 6.45) is 0.260. The molecule has 0 aromatic heterocycles. The molecule has 3 rings (SSSR count). The summed E-state index contributed by atoms with van der Waals surface area (Å²) in [6, 6.07) is 14.4. The van der Waals surface area contributed by atoms with Crippen molar-refractivity contribution in [3.63, 3.8) is 0 Å². The Morgan fingerprint density at radius 3 is 2.20 bits per heavy atom. The first kappa shape index (κ1) is 32.2. The number of sulfonamides is 1. The number of carbonyl (C=O) groups excluding carboxylic acids is 2. The van der Waals surface area contributed by atoms with Crippen molar-refractivity contribution in [3.8, 4) is 5.75 Å². The van der Waals surface area contributed by atoms with Gasteiger partial charge in [-0.25, -0.2) is 12.8 Å². The van der Waals surface area contributed by atoms with E-state index in [2.05, 4.69) is 5.32 Å². The summed E-state index contributed by atoms with van der Waals surface area (Å²) in [5, 5.41) is 3.43. The Labute approximate surface area is 250 Å². The van der Waals surface area contributed by atoms with Gasteiger partial charge in [0.25, 0.3) is 10.0 Å². The third-order valence-electron chi connectivity index (χ3n) is 6.21. The Kier molecular flexibility index (Phi) is 11.4. The molecule has 3 aromatic rings. The highest BCUT2D eigenvalue weighted by Crippen LogP contribution is 2.28. The molecule has 2 amide bonds. The zero-order valence-corrected chi connectivity index (χ0v) is 25.3. The molecule has 1 atom stereocenters. The van der Waals surface area contributed by atoms with Crippen molar-refractivity contribution in [1.29, 1.82) is 0 Å². The number of benzene rings is 3. The average molecular weight is 625 g/mol. The second-order valence-electron chi connectivity index (χ2n) is 8.97. The molecule has 1 N–H and O–H groups in total. The maximum absolute atomic E-state index is 14.0. The van der Waals surface area contributed by atoms with E-state index in [1.807, 2.05) is 6.92 Å². The molecule has 0 saturated carbocycles. The lowest BCUT2D eigenvalue weighted by Crippen LogP contribution is -2.52. The fourth-order valence-electron chi connectivity index (χ4n) is 4.18. The zero-order chi connectivity index (χ0) is 30.2. The van der Waals surface area contributed by atoms with Crippen LogP contribution in [0.5, 0.6) is 5.75 Å². The number of nitrogens with one attached hydrogen (secondary N) is 1. The monoisotopic (exact) mass is 623 g/mol. The standard InChI is InChI=1S/C29H32Cl2FN3O5S/c1-4-27(29(37)33-5-2)34(18-20-7-8-21(30)17-26(20)31)28(36)19-35(23-11-13-24(14-12-23)40-6-3)41(38,39)25-15-9-22(32)10-16-25/h7-17,27H,4-6,18-19H2,1-3H3,(H,33,37)/t27-/m1/s1. The van der Waals surface area contributed by atoms with Gasteiger partial charge in [0.05, 0.1) is 17.2 Å². The van der Waals surface area contributed by atoms with Crippen LogP contribution in [0.3, 0.4) is 0 Å². The van der Waals surface area contributed by atoms with Gasteiger partial charge in [0.2, 0.25) is 11.8 Å². The van der Waals surface area contributed by atoms with Gasteiger partial charge in [0.1, 0.15) is 24.2 Å². The minimum absolute atomic E-state index is 0.0712. The minimum Gasteiger partial charge on any atom is -0.494 e. The second-order valence-corrected chi connectivity index (χ2v) is 11.7. The van der Waals surface area contributed by atoms with Crippen molar-refractivity contribution >= 4 is 50.7 Å². The minimum atomic E-state index is -4.34. The van der Waals surface area contributed by atoms with Gasteiger partial charge in [0.15, 0.2) is 0 Å². The van der Waals surface area contributed by atoms with E-state index < -0.39 is 34.3 Å². The molecule has 3 aromatic carbocycles. The summed E-state index contributed by atoms with van der Waals surface area (Å²) in [7, 11) is -4.34. The Hall–Kier alpha value is -3.34. The summed E-state index contributed by atoms with van der Waals surface area (Å²) in [6.45, 7) is 5.37. The van der Waals surface area contributed by atoms with Crippen molar-refractivity contribution in [2.75, 3.05) is 24.0 Å². The first-order valence-corrected chi connectivity index (χ1v) is 15.2. The normalized spacial score (nSPS) is 12.0. The van der Waals surface area contributed by atoms with E-state index in [1.54, 1.807) is 38.1 Å². The maximum Gasteiger partial charge on any atom is 0.264 e. The zero-order valence-electron chi connectivity index (χ0n) is 22.9. The van der Waals surface area contributed by atoms with Crippen LogP contribution >= 0.6 is 23.2 Å². The first-order chi connectivity index (χ1) is 19.5. The number of rotatable bonds is 13. The van der Waals surface area contributed by atoms with Crippen LogP contribution in [0.25, 0.3) is 0 Å². The number of ether oxygens (including phenoxy) is 1. The second kappa shape index (κ2) is 14.5. The fraction of sp³-hybridized carbons (Fsp3) is 0.310. The van der Waals surface area contributed by atoms with Gasteiger partial charge < -0.3 is 15.0 Å². The largest absolute Gasteiger partial charge is 0.494 e. The Morgan fingerprint density at radius 1 is 0.976 bits per heavy atom. The number of carbonyl (C=O) groups is 2. The molecule has 0 aliphatic carbocycles. The van der Waals surface area contributed by atoms with E-state index in [9.17, 15) is 22.4 Å². The van der Waals surface area contributed by atoms with Gasteiger partial charge in [-0.3, -0.25) is 13.9 Å². The summed E-state index contributed by atoms with van der Waals surface area (Å²) in [4.78, 5) is 28.1. The summed E-state index contributed by atoms with van der Waals surface area (Å²) >= 11 is 12.5. The highest BCUT2D eigenvalue weighted by molar-refractivity contribution is 7.92. The van der Waals surface area contributed by atoms with Crippen LogP contribution in [0.4, 0.5) is 10.1 Å². The molecule has 0 fully saturated rings. The topological polar surface area (TPSA) is 96.0 Å². The van der Waals surface area contributed by atoms with Crippen LogP contribution in [-0.2, 0) is 26.2 Å². The van der Waals surface area contributed by atoms with E-state index >= 15 is 0 Å². The van der Waals surface area contributed by atoms with Gasteiger partial charge in [-0.05, 0) is 86.5 Å². The first-order valence-electron chi connectivity index (χ1n) is 13.0. The van der Waals surface area contributed by atoms with Crippen molar-refractivity contribution in [2.24, 2.45) is 0 Å². The molecule has 0 unspecified atom stereocenters. The predicted molar refractivity (Wildman–Crippen MR) is 158 cm³/mol. The van der Waals surface area contributed by atoms with Gasteiger partial charge >= 0.3 is 0 Å². The number of anilines is 1. The number of amides is 2. The quantitative estimate of drug-likeness (QED) is 0.265. The molecule has 12 heteroatoms. The van der Waals surface area contributed by atoms with Crippen molar-refractivity contribution in [1.82, 2.24) is 10.2 Å². The van der Waals surface area contributed by atoms with Crippen LogP contribution < -0.4 is 14.4 Å². The molecular formula is C29H32Cl2FN3O5S. The number of halogens is 3. The molecule has 0 saturated heterocycles. The molecule has 41 heavy (non-hydrogen) atoms. The van der Waals surface area contributed by atoms with Gasteiger partial charge in [0, 0.05) is 23.1 Å². The molecule has 0 heterocycles. The summed E-state index contributed by atoms with van der Waals surface area (Å²) in [5.41, 5.74) is 0.711. The highest BCUT2D eigenvalue weighted by atomic mass is 35.5. The maximum atomic E-state index is 14.0. The van der Waals surface area contributed by atoms with Crippen LogP contribution in [0, 0.1) is 5.82 Å². The Bertz CT molecular complexity index is 1450. The van der Waals surface area contributed by atoms with E-state index in [-0.39, 0.29) is 29.5 Å². The van der Waals surface area contributed by atoms with Gasteiger partial charge in [-0.2, -0.15) is 0 Å². The predicted octanol–water partition coefficient (Wildman–Crippen LogP) is 5.67. The van der Waals surface area contributed by atoms with Crippen molar-refractivity contribution in [3.05, 3.63) is 88.2 Å². The van der Waals surface area contributed by atoms with E-state index in [0.29, 0.717) is 34.5 Å². The van der Waals surface area contributed by atoms with Gasteiger partial charge in [-0.15, -0.1) is 0 Å². The lowest BCUT2D eigenvalue weighted by Gasteiger charge is -2.33. The molecule has 0 spiro atoms. The highest BCUT2D eigenvalue weighted by Gasteiger charge is 2.34. The fourth-order valence-corrected chi connectivity index (χ4v) is 6.07. The van der Waals surface area contributed by atoms with Crippen LogP contribution in [0.1, 0.15) is 32.8 Å². The smallest absolute Gasteiger partial charge is 0.264 e. The number of nitrogens with zero attached hydrogens (tertiary/aromatic N) is 2. The lowest BCUT2D eigenvalue weighted by molar-refractivity contribution is -0.140. The molecule has 8 nitrogen and oxygen atoms in total. The SMILES string of the molecule is CCNC(=O)[C@@H](CC)N(Cc1ccc(Cl)cc1Cl)C(=O)CN(c1ccc(OCC)cc1)S(=O)(=O)c1ccc(F)cc1. The van der Waals surface area contributed by atoms with Crippen molar-refractivity contribution < 1.29 is 27.1 Å². The Balaban J connectivity index is 2.08. The van der Waals surface area contributed by atoms with E-state index in [4.69, 9.17) is 27.9 Å². The van der Waals surface area contributed by atoms with Gasteiger partial charge in [-0.1, -0.05) is 36.2 Å². The molecular weight excluding hydrogens is 592 g/mol. The van der Waals surface area contributed by atoms with Crippen LogP contribution in [-0.4, -0.2) is 50.9 Å². The third kappa shape index (κ3) is 8.12. The average Bonchev–Trinajstić information content (AvgIpc) is 2.93. The molecule has 0 aliphatic rings. The number of hydrogen-bond donors (Lipinski definition) is 1. The molecule has 0 bridgehead atoms. The number of likely N-dealkylation sites (N-methyl/N-ethyl adjacent to an activating group) is 1. The van der Waals surface area contributed by atoms with E-state index in [1.165, 1.54) is 23.1 Å². The molecule has 0 aliphatic heterocycles. The van der Waals surface area contributed by atoms with Crippen molar-refractivity contribution in [2.45, 2.75) is 44.7 Å². The Morgan fingerprint density at radius 2 is 1.63 bits per heavy atom. The molecule has 0 radical (unpaired) electrons. The summed E-state index contributed by atoms with van der Waals surface area (Å²) in [5.74, 6) is -1.12. The molecule has 220 valence electrons. The van der Waals surface area contributed by atoms with Crippen LogP contribution in [0.15, 0.2) is 71.6 Å². The summed E-state index contributed by atoms with van der Waals surface area (Å²) < 4.78 is 47.7. The number of hydrogen-bond acceptors (Lipinski definition) is 5. The third-order valence-corrected chi connectivity index (χ3v) is 8.58. The van der Waals surface area contributed by atoms with Crippen LogP contribution in [0.2, 0.25) is 10.0 Å². The lowest BCUT2D eigenvalue weighted by atomic mass is 10.1. The van der Waals surface area contributed by atoms with E-state index in [0.717, 1.165) is 28.6 Å².